The third-order valence-corrected chi connectivity index (χ3v) is 8.48. The molecule has 4 heterocycles. The van der Waals surface area contributed by atoms with Crippen LogP contribution in [-0.2, 0) is 10.2 Å². The van der Waals surface area contributed by atoms with Crippen molar-refractivity contribution in [2.75, 3.05) is 12.3 Å². The van der Waals surface area contributed by atoms with Gasteiger partial charge in [0.1, 0.15) is 10.4 Å². The van der Waals surface area contributed by atoms with Crippen LogP contribution in [-0.4, -0.2) is 44.3 Å². The van der Waals surface area contributed by atoms with Crippen LogP contribution in [0.2, 0.25) is 0 Å². The second-order valence-electron chi connectivity index (χ2n) is 7.88. The minimum absolute atomic E-state index is 0.0920. The predicted molar refractivity (Wildman–Crippen MR) is 109 cm³/mol. The molecule has 0 spiro atoms. The van der Waals surface area contributed by atoms with Crippen LogP contribution in [0, 0.1) is 23.2 Å². The quantitative estimate of drug-likeness (QED) is 0.836. The molecule has 0 bridgehead atoms. The highest BCUT2D eigenvalue weighted by atomic mass is 32.2. The molecule has 0 radical (unpaired) electrons. The average molecular weight is 412 g/mol. The Balaban J connectivity index is 1.38. The smallest absolute Gasteiger partial charge is 0.230 e. The number of nitrogens with zero attached hydrogens (tertiary/aromatic N) is 4. The van der Waals surface area contributed by atoms with Crippen molar-refractivity contribution in [2.45, 2.75) is 37.1 Å². The zero-order chi connectivity index (χ0) is 19.1. The first kappa shape index (κ1) is 18.0. The average Bonchev–Trinajstić information content (AvgIpc) is 3.51. The Bertz CT molecular complexity index is 932. The number of likely N-dealkylation sites (tertiary alicyclic amines) is 1. The number of nitrogens with one attached hydrogen (secondary N) is 1. The molecule has 1 saturated carbocycles. The maximum Gasteiger partial charge on any atom is 0.230 e. The highest BCUT2D eigenvalue weighted by molar-refractivity contribution is 8.08. The highest BCUT2D eigenvalue weighted by Crippen LogP contribution is 2.50. The molecule has 5 rings (SSSR count). The Morgan fingerprint density at radius 2 is 2.36 bits per heavy atom. The SMILES string of the molecule is N#CC1(c2nccs2)CC2CCCN(C(=O)C3C=C(c4cn[nH]c4)SC3)C2C1. The second-order valence-corrected chi connectivity index (χ2v) is 9.83. The molecule has 6 nitrogen and oxygen atoms in total. The Labute approximate surface area is 172 Å². The summed E-state index contributed by atoms with van der Waals surface area (Å²) in [6.45, 7) is 0.801. The maximum absolute atomic E-state index is 13.4. The molecule has 1 amide bonds. The fraction of sp³-hybridized carbons (Fsp3) is 0.500. The molecule has 144 valence electrons. The molecule has 2 aliphatic heterocycles. The first-order valence-electron chi connectivity index (χ1n) is 9.66. The summed E-state index contributed by atoms with van der Waals surface area (Å²) in [7, 11) is 0. The fourth-order valence-corrected chi connectivity index (χ4v) is 6.91. The van der Waals surface area contributed by atoms with Gasteiger partial charge in [0, 0.05) is 46.6 Å². The van der Waals surface area contributed by atoms with E-state index in [4.69, 9.17) is 0 Å². The van der Waals surface area contributed by atoms with E-state index in [9.17, 15) is 10.1 Å². The van der Waals surface area contributed by atoms with Crippen LogP contribution >= 0.6 is 23.1 Å². The summed E-state index contributed by atoms with van der Waals surface area (Å²) in [5, 5.41) is 19.7. The van der Waals surface area contributed by atoms with Gasteiger partial charge in [0.2, 0.25) is 5.91 Å². The molecular weight excluding hydrogens is 390 g/mol. The molecule has 2 aromatic rings. The first-order valence-corrected chi connectivity index (χ1v) is 11.5. The molecule has 1 saturated heterocycles. The molecular formula is C20H21N5OS2. The van der Waals surface area contributed by atoms with E-state index in [0.717, 1.165) is 47.0 Å². The van der Waals surface area contributed by atoms with Gasteiger partial charge in [-0.15, -0.1) is 23.1 Å². The maximum atomic E-state index is 13.4. The van der Waals surface area contributed by atoms with Crippen molar-refractivity contribution in [1.82, 2.24) is 20.1 Å². The minimum Gasteiger partial charge on any atom is -0.339 e. The number of aromatic nitrogens is 3. The van der Waals surface area contributed by atoms with Crippen LogP contribution in [0.15, 0.2) is 30.0 Å². The molecule has 4 unspecified atom stereocenters. The van der Waals surface area contributed by atoms with Crippen molar-refractivity contribution >= 4 is 33.9 Å². The van der Waals surface area contributed by atoms with Crippen LogP contribution in [0.1, 0.15) is 36.3 Å². The number of thiazole rings is 1. The molecule has 2 fully saturated rings. The zero-order valence-corrected chi connectivity index (χ0v) is 17.0. The van der Waals surface area contributed by atoms with Crippen LogP contribution in [0.5, 0.6) is 0 Å². The summed E-state index contributed by atoms with van der Waals surface area (Å²) in [5.41, 5.74) is 0.513. The second kappa shape index (κ2) is 7.05. The number of rotatable bonds is 3. The van der Waals surface area contributed by atoms with E-state index >= 15 is 0 Å². The topological polar surface area (TPSA) is 85.7 Å². The van der Waals surface area contributed by atoms with Crippen molar-refractivity contribution in [3.05, 3.63) is 40.6 Å². The van der Waals surface area contributed by atoms with Gasteiger partial charge in [0.25, 0.3) is 0 Å². The van der Waals surface area contributed by atoms with Crippen LogP contribution in [0.3, 0.4) is 0 Å². The van der Waals surface area contributed by atoms with Gasteiger partial charge in [-0.2, -0.15) is 10.4 Å². The molecule has 4 atom stereocenters. The number of nitriles is 1. The molecule has 2 aromatic heterocycles. The normalized spacial score (nSPS) is 32.0. The van der Waals surface area contributed by atoms with Crippen LogP contribution in [0.4, 0.5) is 0 Å². The number of piperidine rings is 1. The number of carbonyl (C=O) groups excluding carboxylic acids is 1. The van der Waals surface area contributed by atoms with Gasteiger partial charge in [-0.05, 0) is 31.6 Å². The van der Waals surface area contributed by atoms with Crippen molar-refractivity contribution < 1.29 is 4.79 Å². The van der Waals surface area contributed by atoms with Gasteiger partial charge >= 0.3 is 0 Å². The van der Waals surface area contributed by atoms with Gasteiger partial charge in [0.15, 0.2) is 0 Å². The lowest BCUT2D eigenvalue weighted by molar-refractivity contribution is -0.138. The standard InChI is InChI=1S/C20H21N5OS2/c21-12-20(19-22-3-5-27-19)7-13-2-1-4-25(16(13)8-20)18(26)14-6-17(28-11-14)15-9-23-24-10-15/h3,5-6,9-10,13-14,16H,1-2,4,7-8,11H2,(H,23,24). The van der Waals surface area contributed by atoms with Crippen molar-refractivity contribution in [2.24, 2.45) is 11.8 Å². The number of carbonyl (C=O) groups is 1. The summed E-state index contributed by atoms with van der Waals surface area (Å²) in [6.07, 6.45) is 11.2. The van der Waals surface area contributed by atoms with E-state index < -0.39 is 5.41 Å². The first-order chi connectivity index (χ1) is 13.7. The summed E-state index contributed by atoms with van der Waals surface area (Å²) in [6, 6.07) is 2.73. The Kier molecular flexibility index (Phi) is 4.52. The molecule has 0 aromatic carbocycles. The molecule has 1 aliphatic carbocycles. The number of fused-ring (bicyclic) bond motifs is 1. The fourth-order valence-electron chi connectivity index (χ4n) is 4.97. The largest absolute Gasteiger partial charge is 0.339 e. The summed E-state index contributed by atoms with van der Waals surface area (Å²) in [4.78, 5) is 21.1. The van der Waals surface area contributed by atoms with E-state index in [1.165, 1.54) is 0 Å². The van der Waals surface area contributed by atoms with E-state index in [1.807, 2.05) is 11.6 Å². The Morgan fingerprint density at radius 1 is 1.43 bits per heavy atom. The van der Waals surface area contributed by atoms with Crippen molar-refractivity contribution in [1.29, 1.82) is 5.26 Å². The number of thioether (sulfide) groups is 1. The summed E-state index contributed by atoms with van der Waals surface area (Å²) >= 11 is 3.29. The Hall–Kier alpha value is -2.11. The van der Waals surface area contributed by atoms with Crippen molar-refractivity contribution in [3.63, 3.8) is 0 Å². The van der Waals surface area contributed by atoms with E-state index in [0.29, 0.717) is 12.3 Å². The molecule has 3 aliphatic rings. The van der Waals surface area contributed by atoms with Gasteiger partial charge in [-0.1, -0.05) is 6.08 Å². The lowest BCUT2D eigenvalue weighted by Gasteiger charge is -2.38. The molecule has 8 heteroatoms. The predicted octanol–water partition coefficient (Wildman–Crippen LogP) is 3.43. The molecule has 1 N–H and O–H groups in total. The zero-order valence-electron chi connectivity index (χ0n) is 15.4. The highest BCUT2D eigenvalue weighted by Gasteiger charge is 2.52. The number of hydrogen-bond donors (Lipinski definition) is 1. The number of aromatic amines is 1. The summed E-state index contributed by atoms with van der Waals surface area (Å²) < 4.78 is 0. The number of H-pyrrole nitrogens is 1. The van der Waals surface area contributed by atoms with Gasteiger partial charge in [-0.25, -0.2) is 4.98 Å². The number of amides is 1. The monoisotopic (exact) mass is 411 g/mol. The van der Waals surface area contributed by atoms with Crippen LogP contribution in [0.25, 0.3) is 4.91 Å². The lowest BCUT2D eigenvalue weighted by atomic mass is 9.87. The third kappa shape index (κ3) is 2.88. The van der Waals surface area contributed by atoms with Crippen molar-refractivity contribution in [3.8, 4) is 6.07 Å². The van der Waals surface area contributed by atoms with E-state index in [1.54, 1.807) is 35.5 Å². The van der Waals surface area contributed by atoms with Gasteiger partial charge in [0.05, 0.1) is 18.2 Å². The van der Waals surface area contributed by atoms with E-state index in [2.05, 4.69) is 32.2 Å². The Morgan fingerprint density at radius 3 is 3.11 bits per heavy atom. The molecule has 28 heavy (non-hydrogen) atoms. The lowest BCUT2D eigenvalue weighted by Crippen LogP contribution is -2.48. The van der Waals surface area contributed by atoms with Gasteiger partial charge < -0.3 is 4.90 Å². The summed E-state index contributed by atoms with van der Waals surface area (Å²) in [5.74, 6) is 1.30. The van der Waals surface area contributed by atoms with Gasteiger partial charge in [-0.3, -0.25) is 9.89 Å². The third-order valence-electron chi connectivity index (χ3n) is 6.30. The van der Waals surface area contributed by atoms with Crippen LogP contribution < -0.4 is 0 Å². The number of hydrogen-bond acceptors (Lipinski definition) is 6. The minimum atomic E-state index is -0.533. The van der Waals surface area contributed by atoms with E-state index in [-0.39, 0.29) is 17.9 Å².